The van der Waals surface area contributed by atoms with E-state index in [1.807, 2.05) is 4.90 Å². The fourth-order valence-corrected chi connectivity index (χ4v) is 10.9. The second-order valence-corrected chi connectivity index (χ2v) is 20.6. The lowest BCUT2D eigenvalue weighted by molar-refractivity contribution is -0.141. The zero-order chi connectivity index (χ0) is 46.1. The third-order valence-corrected chi connectivity index (χ3v) is 15.1. The summed E-state index contributed by atoms with van der Waals surface area (Å²) < 4.78 is 5.22. The number of nitrogens with one attached hydrogen (secondary N) is 1. The van der Waals surface area contributed by atoms with E-state index in [1.165, 1.54) is 81.0 Å². The molecular formula is C57H72N4O4. The monoisotopic (exact) mass is 877 g/mol. The molecule has 4 aromatic rings. The van der Waals surface area contributed by atoms with E-state index in [4.69, 9.17) is 11.3 Å². The SMILES string of the molecule is C=C(/C=C/C=C1/N(CCCCCC(=O)N2CCC(O)CC2)c2cc3c(cc2C1(C)C)-c1c(ccc2ccccc12)C3(C)C)C(C)(C)c1cc(N2CCCC2)ccc1NCCCOC(C)=O. The highest BCUT2D eigenvalue weighted by molar-refractivity contribution is 6.03. The van der Waals surface area contributed by atoms with Crippen molar-refractivity contribution in [1.82, 2.24) is 4.90 Å². The molecule has 0 spiro atoms. The molecule has 65 heavy (non-hydrogen) atoms. The van der Waals surface area contributed by atoms with Gasteiger partial charge in [-0.25, -0.2) is 0 Å². The van der Waals surface area contributed by atoms with Gasteiger partial charge in [-0.2, -0.15) is 0 Å². The molecule has 8 nitrogen and oxygen atoms in total. The van der Waals surface area contributed by atoms with Crippen molar-refractivity contribution in [3.05, 3.63) is 125 Å². The smallest absolute Gasteiger partial charge is 0.302 e. The molecule has 0 radical (unpaired) electrons. The first kappa shape index (κ1) is 46.2. The van der Waals surface area contributed by atoms with E-state index < -0.39 is 0 Å². The molecule has 0 atom stereocenters. The summed E-state index contributed by atoms with van der Waals surface area (Å²) >= 11 is 0. The van der Waals surface area contributed by atoms with Gasteiger partial charge in [0, 0.05) is 91.6 Å². The second kappa shape index (κ2) is 18.9. The van der Waals surface area contributed by atoms with E-state index >= 15 is 0 Å². The number of hydrogen-bond acceptors (Lipinski definition) is 7. The zero-order valence-electron chi connectivity index (χ0n) is 40.2. The van der Waals surface area contributed by atoms with Crippen molar-refractivity contribution in [2.75, 3.05) is 61.0 Å². The van der Waals surface area contributed by atoms with Gasteiger partial charge in [0.25, 0.3) is 0 Å². The number of piperidine rings is 1. The van der Waals surface area contributed by atoms with Gasteiger partial charge in [0.15, 0.2) is 0 Å². The van der Waals surface area contributed by atoms with Crippen LogP contribution in [-0.2, 0) is 30.6 Å². The number of unbranched alkanes of at least 4 members (excludes halogenated alkanes) is 2. The Hall–Kier alpha value is -5.34. The van der Waals surface area contributed by atoms with Crippen molar-refractivity contribution in [2.24, 2.45) is 0 Å². The lowest BCUT2D eigenvalue weighted by Crippen LogP contribution is -2.39. The first-order chi connectivity index (χ1) is 31.1. The lowest BCUT2D eigenvalue weighted by atomic mass is 9.76. The van der Waals surface area contributed by atoms with Crippen LogP contribution in [0.1, 0.15) is 129 Å². The number of hydrogen-bond donors (Lipinski definition) is 2. The fraction of sp³-hybridized carbons (Fsp3) is 0.474. The lowest BCUT2D eigenvalue weighted by Gasteiger charge is -2.31. The van der Waals surface area contributed by atoms with Crippen molar-refractivity contribution in [2.45, 2.75) is 129 Å². The summed E-state index contributed by atoms with van der Waals surface area (Å²) in [7, 11) is 0. The molecule has 1 amide bonds. The highest BCUT2D eigenvalue weighted by atomic mass is 16.5. The molecule has 1 aliphatic carbocycles. The van der Waals surface area contributed by atoms with Gasteiger partial charge >= 0.3 is 5.97 Å². The van der Waals surface area contributed by atoms with Crippen LogP contribution in [-0.4, -0.2) is 73.9 Å². The molecule has 3 heterocycles. The number of fused-ring (bicyclic) bond motifs is 6. The molecule has 0 aromatic heterocycles. The first-order valence-corrected chi connectivity index (χ1v) is 24.4. The van der Waals surface area contributed by atoms with Crippen LogP contribution in [0.4, 0.5) is 17.1 Å². The maximum absolute atomic E-state index is 13.1. The number of likely N-dealkylation sites (tertiary alicyclic amines) is 1. The first-order valence-electron chi connectivity index (χ1n) is 24.4. The molecule has 2 N–H and O–H groups in total. The number of ether oxygens (including phenoxy) is 1. The number of aliphatic hydroxyl groups is 1. The largest absolute Gasteiger partial charge is 0.466 e. The molecule has 8 rings (SSSR count). The van der Waals surface area contributed by atoms with Crippen LogP contribution in [0, 0.1) is 0 Å². The molecule has 2 fully saturated rings. The van der Waals surface area contributed by atoms with Gasteiger partial charge < -0.3 is 29.9 Å². The summed E-state index contributed by atoms with van der Waals surface area (Å²) in [5.74, 6) is -0.0344. The summed E-state index contributed by atoms with van der Waals surface area (Å²) in [6, 6.07) is 25.2. The van der Waals surface area contributed by atoms with E-state index in [2.05, 4.69) is 142 Å². The van der Waals surface area contributed by atoms with Gasteiger partial charge in [0.05, 0.1) is 12.7 Å². The summed E-state index contributed by atoms with van der Waals surface area (Å²) in [4.78, 5) is 31.5. The van der Waals surface area contributed by atoms with Crippen LogP contribution in [0.25, 0.3) is 21.9 Å². The van der Waals surface area contributed by atoms with Crippen molar-refractivity contribution < 1.29 is 19.4 Å². The van der Waals surface area contributed by atoms with Crippen molar-refractivity contribution in [3.8, 4) is 11.1 Å². The molecule has 344 valence electrons. The van der Waals surface area contributed by atoms with Crippen LogP contribution < -0.4 is 15.1 Å². The summed E-state index contributed by atoms with van der Waals surface area (Å²) in [6.45, 7) is 25.6. The van der Waals surface area contributed by atoms with Gasteiger partial charge in [-0.15, -0.1) is 0 Å². The van der Waals surface area contributed by atoms with E-state index in [-0.39, 0.29) is 34.2 Å². The second-order valence-electron chi connectivity index (χ2n) is 20.6. The zero-order valence-corrected chi connectivity index (χ0v) is 40.2. The Morgan fingerprint density at radius 2 is 1.63 bits per heavy atom. The average molecular weight is 877 g/mol. The highest BCUT2D eigenvalue weighted by Crippen LogP contribution is 2.57. The number of esters is 1. The van der Waals surface area contributed by atoms with E-state index in [0.717, 1.165) is 56.6 Å². The molecule has 0 bridgehead atoms. The van der Waals surface area contributed by atoms with Gasteiger partial charge in [-0.1, -0.05) is 103 Å². The van der Waals surface area contributed by atoms with Crippen LogP contribution in [0.2, 0.25) is 0 Å². The average Bonchev–Trinajstić information content (AvgIpc) is 3.96. The minimum atomic E-state index is -0.384. The van der Waals surface area contributed by atoms with Crippen molar-refractivity contribution in [3.63, 3.8) is 0 Å². The quantitative estimate of drug-likeness (QED) is 0.0659. The number of allylic oxidation sites excluding steroid dienone is 5. The van der Waals surface area contributed by atoms with E-state index in [1.54, 1.807) is 0 Å². The standard InChI is InChI=1S/C57H72N4O4/c1-39(55(3,4)48-36-42(59-30-14-15-31-59)24-26-50(48)58-29-17-35-65-40(2)62)18-16-21-52-57(7,8)49-37-45-47(56(5,6)46-25-23-41-19-11-12-20-44(41)54(45)46)38-51(49)61(52)32-13-9-10-22-53(64)60-33-27-43(63)28-34-60/h11-12,16,18-21,23-26,36-38,43,58,63H,1,9-10,13-15,17,22,27-35H2,2-8H3/b18-16+,52-21+. The Bertz CT molecular complexity index is 2500. The third kappa shape index (κ3) is 9.25. The van der Waals surface area contributed by atoms with E-state index in [0.29, 0.717) is 45.5 Å². The van der Waals surface area contributed by atoms with Crippen LogP contribution in [0.5, 0.6) is 0 Å². The number of benzene rings is 4. The number of rotatable bonds is 16. The minimum absolute atomic E-state index is 0.151. The van der Waals surface area contributed by atoms with Gasteiger partial charge in [-0.05, 0) is 131 Å². The van der Waals surface area contributed by atoms with Crippen LogP contribution >= 0.6 is 0 Å². The Balaban J connectivity index is 1.08. The topological polar surface area (TPSA) is 85.3 Å². The number of aliphatic hydroxyl groups excluding tert-OH is 1. The molecule has 8 heteroatoms. The predicted octanol–water partition coefficient (Wildman–Crippen LogP) is 11.7. The Morgan fingerprint density at radius 1 is 0.877 bits per heavy atom. The molecule has 4 aliphatic rings. The van der Waals surface area contributed by atoms with E-state index in [9.17, 15) is 14.7 Å². The normalized spacial score (nSPS) is 18.4. The highest BCUT2D eigenvalue weighted by Gasteiger charge is 2.44. The molecule has 4 aromatic carbocycles. The van der Waals surface area contributed by atoms with Crippen LogP contribution in [0.3, 0.4) is 0 Å². The summed E-state index contributed by atoms with van der Waals surface area (Å²) in [5.41, 5.74) is 13.1. The molecule has 0 saturated carbocycles. The number of carbonyl (C=O) groups is 2. The van der Waals surface area contributed by atoms with Gasteiger partial charge in [0.2, 0.25) is 5.91 Å². The van der Waals surface area contributed by atoms with Gasteiger partial charge in [0.1, 0.15) is 0 Å². The number of carbonyl (C=O) groups excluding carboxylic acids is 2. The Morgan fingerprint density at radius 3 is 2.38 bits per heavy atom. The predicted molar refractivity (Wildman–Crippen MR) is 269 cm³/mol. The molecular weight excluding hydrogens is 805 g/mol. The summed E-state index contributed by atoms with van der Waals surface area (Å²) in [5, 5.41) is 16.2. The molecule has 3 aliphatic heterocycles. The minimum Gasteiger partial charge on any atom is -0.466 e. The number of anilines is 3. The summed E-state index contributed by atoms with van der Waals surface area (Å²) in [6.07, 6.45) is 14.3. The number of nitrogens with zero attached hydrogens (tertiary/aromatic N) is 3. The Labute approximate surface area is 388 Å². The number of amides is 1. The molecule has 0 unspecified atom stereocenters. The molecule has 2 saturated heterocycles. The maximum Gasteiger partial charge on any atom is 0.302 e. The van der Waals surface area contributed by atoms with Gasteiger partial charge in [-0.3, -0.25) is 9.59 Å². The van der Waals surface area contributed by atoms with Crippen molar-refractivity contribution >= 4 is 39.7 Å². The maximum atomic E-state index is 13.1. The third-order valence-electron chi connectivity index (χ3n) is 15.1. The van der Waals surface area contributed by atoms with Crippen molar-refractivity contribution in [1.29, 1.82) is 0 Å². The Kier molecular flexibility index (Phi) is 13.4. The fourth-order valence-electron chi connectivity index (χ4n) is 10.9. The van der Waals surface area contributed by atoms with Crippen LogP contribution in [0.15, 0.2) is 103 Å².